The van der Waals surface area contributed by atoms with Crippen LogP contribution in [0.2, 0.25) is 0 Å². The maximum absolute atomic E-state index is 13.2. The summed E-state index contributed by atoms with van der Waals surface area (Å²) in [5, 5.41) is 17.2. The van der Waals surface area contributed by atoms with Crippen molar-refractivity contribution in [2.24, 2.45) is 0 Å². The summed E-state index contributed by atoms with van der Waals surface area (Å²) in [6, 6.07) is 13.9. The second-order valence-corrected chi connectivity index (χ2v) is 8.99. The van der Waals surface area contributed by atoms with Gasteiger partial charge in [0.2, 0.25) is 0 Å². The average Bonchev–Trinajstić information content (AvgIpc) is 3.42. The molecule has 1 amide bonds. The minimum atomic E-state index is -0.166. The third-order valence-electron chi connectivity index (χ3n) is 6.51. The lowest BCUT2D eigenvalue weighted by molar-refractivity contribution is 0.0931. The molecule has 2 unspecified atom stereocenters. The molecule has 7 heteroatoms. The predicted octanol–water partition coefficient (Wildman–Crippen LogP) is 3.82. The SMILES string of the molecule is Cc1ccc(C(C)CCN2CCc3c(c(C(=O)NC(C)c4ccccc4)nn3CCO)C2)o1. The van der Waals surface area contributed by atoms with E-state index >= 15 is 0 Å². The molecule has 0 spiro atoms. The quantitative estimate of drug-likeness (QED) is 0.518. The lowest BCUT2D eigenvalue weighted by Gasteiger charge is -2.28. The van der Waals surface area contributed by atoms with E-state index in [-0.39, 0.29) is 18.6 Å². The standard InChI is InChI=1S/C26H34N4O3/c1-18(24-10-9-19(2)33-24)11-13-29-14-12-23-22(17-29)25(28-30(23)15-16-31)26(32)27-20(3)21-7-5-4-6-8-21/h4-10,18,20,31H,11-17H2,1-3H3,(H,27,32). The van der Waals surface area contributed by atoms with Gasteiger partial charge in [-0.2, -0.15) is 5.10 Å². The molecule has 2 N–H and O–H groups in total. The van der Waals surface area contributed by atoms with E-state index in [0.29, 0.717) is 24.7 Å². The Bertz CT molecular complexity index is 1070. The lowest BCUT2D eigenvalue weighted by atomic mass is 10.0. The van der Waals surface area contributed by atoms with Crippen LogP contribution in [0.3, 0.4) is 0 Å². The fourth-order valence-corrected chi connectivity index (χ4v) is 4.53. The number of hydrogen-bond donors (Lipinski definition) is 2. The van der Waals surface area contributed by atoms with Gasteiger partial charge in [-0.1, -0.05) is 37.3 Å². The maximum atomic E-state index is 13.2. The van der Waals surface area contributed by atoms with Gasteiger partial charge in [0.1, 0.15) is 11.5 Å². The summed E-state index contributed by atoms with van der Waals surface area (Å²) in [7, 11) is 0. The number of hydrogen-bond acceptors (Lipinski definition) is 5. The Balaban J connectivity index is 1.46. The molecule has 0 fully saturated rings. The van der Waals surface area contributed by atoms with Crippen LogP contribution in [-0.2, 0) is 19.5 Å². The van der Waals surface area contributed by atoms with E-state index in [1.165, 1.54) is 0 Å². The largest absolute Gasteiger partial charge is 0.466 e. The van der Waals surface area contributed by atoms with Gasteiger partial charge in [0.25, 0.3) is 5.91 Å². The van der Waals surface area contributed by atoms with E-state index in [1.54, 1.807) is 0 Å². The third kappa shape index (κ3) is 5.37. The first-order chi connectivity index (χ1) is 16.0. The van der Waals surface area contributed by atoms with E-state index in [2.05, 4.69) is 28.3 Å². The molecular formula is C26H34N4O3. The molecule has 0 bridgehead atoms. The molecule has 0 aliphatic carbocycles. The number of aromatic nitrogens is 2. The van der Waals surface area contributed by atoms with E-state index in [1.807, 2.05) is 54.9 Å². The fourth-order valence-electron chi connectivity index (χ4n) is 4.53. The number of aliphatic hydroxyl groups is 1. The Morgan fingerprint density at radius 1 is 1.18 bits per heavy atom. The Labute approximate surface area is 195 Å². The molecule has 33 heavy (non-hydrogen) atoms. The van der Waals surface area contributed by atoms with Crippen molar-refractivity contribution in [2.45, 2.75) is 58.7 Å². The van der Waals surface area contributed by atoms with E-state index < -0.39 is 0 Å². The zero-order valence-electron chi connectivity index (χ0n) is 19.8. The summed E-state index contributed by atoms with van der Waals surface area (Å²) in [5.74, 6) is 2.14. The van der Waals surface area contributed by atoms with Crippen LogP contribution < -0.4 is 5.32 Å². The van der Waals surface area contributed by atoms with Crippen LogP contribution >= 0.6 is 0 Å². The van der Waals surface area contributed by atoms with Crippen LogP contribution in [0.15, 0.2) is 46.9 Å². The molecule has 7 nitrogen and oxygen atoms in total. The lowest BCUT2D eigenvalue weighted by Crippen LogP contribution is -2.34. The summed E-state index contributed by atoms with van der Waals surface area (Å²) < 4.78 is 7.60. The molecule has 2 atom stereocenters. The van der Waals surface area contributed by atoms with E-state index in [4.69, 9.17) is 4.42 Å². The number of aliphatic hydroxyl groups excluding tert-OH is 1. The minimum absolute atomic E-state index is 0.000605. The monoisotopic (exact) mass is 450 g/mol. The van der Waals surface area contributed by atoms with Crippen molar-refractivity contribution in [3.05, 3.63) is 76.5 Å². The number of carbonyl (C=O) groups excluding carboxylic acids is 1. The number of nitrogens with zero attached hydrogens (tertiary/aromatic N) is 3. The second-order valence-electron chi connectivity index (χ2n) is 8.99. The van der Waals surface area contributed by atoms with Crippen molar-refractivity contribution in [3.8, 4) is 0 Å². The van der Waals surface area contributed by atoms with Gasteiger partial charge in [-0.05, 0) is 44.5 Å². The number of fused-ring (bicyclic) bond motifs is 1. The molecule has 0 saturated carbocycles. The van der Waals surface area contributed by atoms with Crippen LogP contribution in [0.25, 0.3) is 0 Å². The molecule has 2 aromatic heterocycles. The van der Waals surface area contributed by atoms with Crippen LogP contribution in [0, 0.1) is 6.92 Å². The molecule has 176 valence electrons. The van der Waals surface area contributed by atoms with Crippen LogP contribution in [-0.4, -0.2) is 45.4 Å². The van der Waals surface area contributed by atoms with Crippen LogP contribution in [0.5, 0.6) is 0 Å². The highest BCUT2D eigenvalue weighted by atomic mass is 16.3. The first-order valence-electron chi connectivity index (χ1n) is 11.8. The molecule has 3 aromatic rings. The van der Waals surface area contributed by atoms with Gasteiger partial charge in [0.15, 0.2) is 5.69 Å². The topological polar surface area (TPSA) is 83.5 Å². The van der Waals surface area contributed by atoms with Crippen LogP contribution in [0.4, 0.5) is 0 Å². The third-order valence-corrected chi connectivity index (χ3v) is 6.51. The summed E-state index contributed by atoms with van der Waals surface area (Å²) in [5.41, 5.74) is 3.57. The summed E-state index contributed by atoms with van der Waals surface area (Å²) in [6.45, 7) is 9.07. The Morgan fingerprint density at radius 2 is 1.97 bits per heavy atom. The smallest absolute Gasteiger partial charge is 0.272 e. The number of benzene rings is 1. The van der Waals surface area contributed by atoms with Gasteiger partial charge < -0.3 is 14.8 Å². The first-order valence-corrected chi connectivity index (χ1v) is 11.8. The average molecular weight is 451 g/mol. The van der Waals surface area contributed by atoms with Crippen LogP contribution in [0.1, 0.15) is 71.1 Å². The molecule has 0 saturated heterocycles. The van der Waals surface area contributed by atoms with Gasteiger partial charge >= 0.3 is 0 Å². The molecule has 1 aromatic carbocycles. The van der Waals surface area contributed by atoms with Crippen molar-refractivity contribution in [2.75, 3.05) is 19.7 Å². The van der Waals surface area contributed by atoms with Crippen molar-refractivity contribution >= 4 is 5.91 Å². The fraction of sp³-hybridized carbons (Fsp3) is 0.462. The molecule has 0 radical (unpaired) electrons. The van der Waals surface area contributed by atoms with Gasteiger partial charge in [0.05, 0.1) is 19.2 Å². The number of furan rings is 1. The highest BCUT2D eigenvalue weighted by Crippen LogP contribution is 2.26. The van der Waals surface area contributed by atoms with Gasteiger partial charge in [0, 0.05) is 36.7 Å². The summed E-state index contributed by atoms with van der Waals surface area (Å²) in [4.78, 5) is 15.6. The predicted molar refractivity (Wildman–Crippen MR) is 127 cm³/mol. The Kier molecular flexibility index (Phi) is 7.30. The van der Waals surface area contributed by atoms with Gasteiger partial charge in [-0.15, -0.1) is 0 Å². The molecule has 1 aliphatic rings. The second kappa shape index (κ2) is 10.4. The van der Waals surface area contributed by atoms with Crippen molar-refractivity contribution in [1.29, 1.82) is 0 Å². The number of amides is 1. The molecule has 3 heterocycles. The van der Waals surface area contributed by atoms with E-state index in [0.717, 1.165) is 54.3 Å². The maximum Gasteiger partial charge on any atom is 0.272 e. The normalized spacial score (nSPS) is 15.8. The van der Waals surface area contributed by atoms with Gasteiger partial charge in [-0.25, -0.2) is 0 Å². The Morgan fingerprint density at radius 3 is 2.67 bits per heavy atom. The van der Waals surface area contributed by atoms with Crippen molar-refractivity contribution in [1.82, 2.24) is 20.0 Å². The van der Waals surface area contributed by atoms with E-state index in [9.17, 15) is 9.90 Å². The highest BCUT2D eigenvalue weighted by molar-refractivity contribution is 5.94. The molecular weight excluding hydrogens is 416 g/mol. The summed E-state index contributed by atoms with van der Waals surface area (Å²) >= 11 is 0. The number of nitrogens with one attached hydrogen (secondary N) is 1. The number of aryl methyl sites for hydroxylation is 1. The first kappa shape index (κ1) is 23.3. The summed E-state index contributed by atoms with van der Waals surface area (Å²) in [6.07, 6.45) is 1.80. The number of carbonyl (C=O) groups is 1. The molecule has 1 aliphatic heterocycles. The number of rotatable bonds is 9. The zero-order valence-corrected chi connectivity index (χ0v) is 19.8. The zero-order chi connectivity index (χ0) is 23.4. The highest BCUT2D eigenvalue weighted by Gasteiger charge is 2.29. The van der Waals surface area contributed by atoms with Gasteiger partial charge in [-0.3, -0.25) is 14.4 Å². The van der Waals surface area contributed by atoms with Crippen molar-refractivity contribution in [3.63, 3.8) is 0 Å². The molecule has 4 rings (SSSR count). The Hall–Kier alpha value is -2.90. The van der Waals surface area contributed by atoms with Crippen molar-refractivity contribution < 1.29 is 14.3 Å². The minimum Gasteiger partial charge on any atom is -0.466 e.